The average Bonchev–Trinajstić information content (AvgIpc) is 2.96. The number of benzene rings is 2. The van der Waals surface area contributed by atoms with E-state index in [4.69, 9.17) is 0 Å². The topological polar surface area (TPSA) is 76.0 Å². The van der Waals surface area contributed by atoms with Crippen molar-refractivity contribution in [1.29, 1.82) is 0 Å². The standard InChI is InChI=1S/C22H23BrN4O2/c1-14-22(15(2)27(26-14)19-7-5-4-6-8-19)25-21(29)13-20(24-16(3)28)17-9-11-18(23)12-10-17/h4-12,20H,13H2,1-3H3,(H,24,28)(H,25,29). The van der Waals surface area contributed by atoms with Crippen LogP contribution in [0.3, 0.4) is 0 Å². The molecule has 0 bridgehead atoms. The zero-order valence-corrected chi connectivity index (χ0v) is 18.2. The Labute approximate surface area is 178 Å². The van der Waals surface area contributed by atoms with Crippen LogP contribution in [0.15, 0.2) is 59.1 Å². The molecule has 29 heavy (non-hydrogen) atoms. The van der Waals surface area contributed by atoms with Crippen LogP contribution >= 0.6 is 15.9 Å². The summed E-state index contributed by atoms with van der Waals surface area (Å²) in [6.45, 7) is 5.23. The Kier molecular flexibility index (Phi) is 6.49. The molecule has 0 spiro atoms. The van der Waals surface area contributed by atoms with Gasteiger partial charge in [0.05, 0.1) is 35.2 Å². The maximum absolute atomic E-state index is 12.8. The summed E-state index contributed by atoms with van der Waals surface area (Å²) in [5.74, 6) is -0.375. The Morgan fingerprint density at radius 3 is 2.34 bits per heavy atom. The summed E-state index contributed by atoms with van der Waals surface area (Å²) in [7, 11) is 0. The molecule has 0 radical (unpaired) electrons. The summed E-state index contributed by atoms with van der Waals surface area (Å²) >= 11 is 3.40. The second-order valence-corrected chi connectivity index (χ2v) is 7.77. The van der Waals surface area contributed by atoms with Gasteiger partial charge in [0.2, 0.25) is 11.8 Å². The van der Waals surface area contributed by atoms with Crippen LogP contribution in [-0.4, -0.2) is 21.6 Å². The normalized spacial score (nSPS) is 11.7. The minimum Gasteiger partial charge on any atom is -0.349 e. The highest BCUT2D eigenvalue weighted by Gasteiger charge is 2.20. The van der Waals surface area contributed by atoms with E-state index in [-0.39, 0.29) is 18.2 Å². The first kappa shape index (κ1) is 20.8. The Hall–Kier alpha value is -2.93. The molecular weight excluding hydrogens is 432 g/mol. The maximum atomic E-state index is 12.8. The molecule has 2 aromatic carbocycles. The van der Waals surface area contributed by atoms with E-state index in [9.17, 15) is 9.59 Å². The minimum absolute atomic E-state index is 0.122. The highest BCUT2D eigenvalue weighted by Crippen LogP contribution is 2.25. The lowest BCUT2D eigenvalue weighted by atomic mass is 10.0. The van der Waals surface area contributed by atoms with Crippen molar-refractivity contribution >= 4 is 33.4 Å². The SMILES string of the molecule is CC(=O)NC(CC(=O)Nc1c(C)nn(-c2ccccc2)c1C)c1ccc(Br)cc1. The summed E-state index contributed by atoms with van der Waals surface area (Å²) in [6, 6.07) is 16.9. The van der Waals surface area contributed by atoms with Gasteiger partial charge in [0.25, 0.3) is 0 Å². The molecule has 2 N–H and O–H groups in total. The van der Waals surface area contributed by atoms with Crippen LogP contribution in [-0.2, 0) is 9.59 Å². The van der Waals surface area contributed by atoms with E-state index < -0.39 is 6.04 Å². The summed E-state index contributed by atoms with van der Waals surface area (Å²) in [5, 5.41) is 10.4. The fourth-order valence-electron chi connectivity index (χ4n) is 3.21. The first-order valence-electron chi connectivity index (χ1n) is 9.29. The van der Waals surface area contributed by atoms with Gasteiger partial charge in [-0.1, -0.05) is 46.3 Å². The van der Waals surface area contributed by atoms with Crippen LogP contribution in [0, 0.1) is 13.8 Å². The lowest BCUT2D eigenvalue weighted by molar-refractivity contribution is -0.120. The smallest absolute Gasteiger partial charge is 0.226 e. The van der Waals surface area contributed by atoms with E-state index in [1.54, 1.807) is 0 Å². The second kappa shape index (κ2) is 9.05. The van der Waals surface area contributed by atoms with Crippen LogP contribution in [0.5, 0.6) is 0 Å². The summed E-state index contributed by atoms with van der Waals surface area (Å²) in [5.41, 5.74) is 4.07. The van der Waals surface area contributed by atoms with Gasteiger partial charge in [0.15, 0.2) is 0 Å². The third kappa shape index (κ3) is 5.12. The molecule has 3 rings (SSSR count). The van der Waals surface area contributed by atoms with Crippen LogP contribution in [0.25, 0.3) is 5.69 Å². The van der Waals surface area contributed by atoms with E-state index in [1.807, 2.05) is 73.1 Å². The first-order valence-corrected chi connectivity index (χ1v) is 10.1. The van der Waals surface area contributed by atoms with E-state index in [0.29, 0.717) is 5.69 Å². The van der Waals surface area contributed by atoms with Crippen LogP contribution in [0.4, 0.5) is 5.69 Å². The molecule has 0 fully saturated rings. The van der Waals surface area contributed by atoms with Gasteiger partial charge in [0.1, 0.15) is 0 Å². The molecule has 2 amide bonds. The number of nitrogens with zero attached hydrogens (tertiary/aromatic N) is 2. The van der Waals surface area contributed by atoms with Gasteiger partial charge in [-0.2, -0.15) is 5.10 Å². The molecule has 1 heterocycles. The lowest BCUT2D eigenvalue weighted by Crippen LogP contribution is -2.29. The quantitative estimate of drug-likeness (QED) is 0.577. The fourth-order valence-corrected chi connectivity index (χ4v) is 3.48. The van der Waals surface area contributed by atoms with Crippen molar-refractivity contribution in [3.63, 3.8) is 0 Å². The average molecular weight is 455 g/mol. The number of aromatic nitrogens is 2. The number of nitrogens with one attached hydrogen (secondary N) is 2. The number of halogens is 1. The molecule has 150 valence electrons. The van der Waals surface area contributed by atoms with Gasteiger partial charge < -0.3 is 10.6 Å². The van der Waals surface area contributed by atoms with Crippen LogP contribution < -0.4 is 10.6 Å². The third-order valence-corrected chi connectivity index (χ3v) is 5.12. The zero-order valence-electron chi connectivity index (χ0n) is 16.6. The van der Waals surface area contributed by atoms with Gasteiger partial charge in [-0.15, -0.1) is 0 Å². The highest BCUT2D eigenvalue weighted by atomic mass is 79.9. The number of hydrogen-bond donors (Lipinski definition) is 2. The molecule has 0 saturated carbocycles. The maximum Gasteiger partial charge on any atom is 0.226 e. The monoisotopic (exact) mass is 454 g/mol. The number of para-hydroxylation sites is 1. The Balaban J connectivity index is 1.79. The molecule has 1 unspecified atom stereocenters. The number of aryl methyl sites for hydroxylation is 1. The molecule has 7 heteroatoms. The van der Waals surface area contributed by atoms with Gasteiger partial charge in [-0.05, 0) is 43.7 Å². The van der Waals surface area contributed by atoms with Crippen molar-refractivity contribution < 1.29 is 9.59 Å². The molecule has 1 atom stereocenters. The van der Waals surface area contributed by atoms with Gasteiger partial charge in [0, 0.05) is 11.4 Å². The molecule has 3 aromatic rings. The van der Waals surface area contributed by atoms with Crippen molar-refractivity contribution in [3.05, 3.63) is 76.0 Å². The largest absolute Gasteiger partial charge is 0.349 e. The molecule has 0 aliphatic carbocycles. The van der Waals surface area contributed by atoms with E-state index in [2.05, 4.69) is 31.7 Å². The molecule has 6 nitrogen and oxygen atoms in total. The number of anilines is 1. The first-order chi connectivity index (χ1) is 13.8. The van der Waals surface area contributed by atoms with Crippen molar-refractivity contribution in [2.45, 2.75) is 33.2 Å². The second-order valence-electron chi connectivity index (χ2n) is 6.85. The molecule has 0 saturated heterocycles. The van der Waals surface area contributed by atoms with Crippen molar-refractivity contribution in [1.82, 2.24) is 15.1 Å². The minimum atomic E-state index is -0.412. The zero-order chi connectivity index (χ0) is 21.0. The third-order valence-electron chi connectivity index (χ3n) is 4.60. The van der Waals surface area contributed by atoms with Crippen molar-refractivity contribution in [2.75, 3.05) is 5.32 Å². The van der Waals surface area contributed by atoms with Crippen molar-refractivity contribution in [2.24, 2.45) is 0 Å². The summed E-state index contributed by atoms with van der Waals surface area (Å²) in [6.07, 6.45) is 0.122. The number of rotatable bonds is 6. The summed E-state index contributed by atoms with van der Waals surface area (Å²) < 4.78 is 2.75. The number of hydrogen-bond acceptors (Lipinski definition) is 3. The number of carbonyl (C=O) groups excluding carboxylic acids is 2. The van der Waals surface area contributed by atoms with Crippen LogP contribution in [0.1, 0.15) is 36.3 Å². The van der Waals surface area contributed by atoms with Gasteiger partial charge >= 0.3 is 0 Å². The fraction of sp³-hybridized carbons (Fsp3) is 0.227. The van der Waals surface area contributed by atoms with Gasteiger partial charge in [-0.25, -0.2) is 4.68 Å². The molecule has 0 aliphatic heterocycles. The Bertz CT molecular complexity index is 1010. The number of amides is 2. The number of carbonyl (C=O) groups is 2. The van der Waals surface area contributed by atoms with E-state index >= 15 is 0 Å². The van der Waals surface area contributed by atoms with Crippen LogP contribution in [0.2, 0.25) is 0 Å². The highest BCUT2D eigenvalue weighted by molar-refractivity contribution is 9.10. The molecular formula is C22H23BrN4O2. The lowest BCUT2D eigenvalue weighted by Gasteiger charge is -2.18. The van der Waals surface area contributed by atoms with Gasteiger partial charge in [-0.3, -0.25) is 9.59 Å². The summed E-state index contributed by atoms with van der Waals surface area (Å²) in [4.78, 5) is 24.4. The Morgan fingerprint density at radius 2 is 1.72 bits per heavy atom. The predicted octanol–water partition coefficient (Wildman–Crippen LogP) is 4.46. The molecule has 1 aromatic heterocycles. The Morgan fingerprint density at radius 1 is 1.07 bits per heavy atom. The predicted molar refractivity (Wildman–Crippen MR) is 117 cm³/mol. The van der Waals surface area contributed by atoms with E-state index in [0.717, 1.165) is 27.1 Å². The van der Waals surface area contributed by atoms with Crippen molar-refractivity contribution in [3.8, 4) is 5.69 Å². The molecule has 0 aliphatic rings. The van der Waals surface area contributed by atoms with E-state index in [1.165, 1.54) is 6.92 Å².